The second-order valence-electron chi connectivity index (χ2n) is 4.91. The molecule has 10 heteroatoms. The van der Waals surface area contributed by atoms with Crippen molar-refractivity contribution in [3.05, 3.63) is 17.8 Å². The molecule has 0 fully saturated rings. The fourth-order valence-corrected chi connectivity index (χ4v) is 2.50. The van der Waals surface area contributed by atoms with Gasteiger partial charge in [-0.05, 0) is 26.0 Å². The molecule has 0 bridgehead atoms. The summed E-state index contributed by atoms with van der Waals surface area (Å²) in [6, 6.07) is 1.93. The minimum Gasteiger partial charge on any atom is -0.367 e. The second kappa shape index (κ2) is 5.52. The van der Waals surface area contributed by atoms with Gasteiger partial charge < -0.3 is 5.32 Å². The molecule has 2 N–H and O–H groups in total. The van der Waals surface area contributed by atoms with Gasteiger partial charge in [0.25, 0.3) is 0 Å². The molecule has 0 unspecified atom stereocenters. The van der Waals surface area contributed by atoms with Gasteiger partial charge in [0.1, 0.15) is 5.82 Å². The molecule has 1 aromatic rings. The number of hydrogen-bond acceptors (Lipinski definition) is 5. The first-order chi connectivity index (χ1) is 8.89. The van der Waals surface area contributed by atoms with Crippen LogP contribution in [-0.2, 0) is 16.2 Å². The molecule has 20 heavy (non-hydrogen) atoms. The van der Waals surface area contributed by atoms with E-state index in [1.807, 2.05) is 0 Å². The van der Waals surface area contributed by atoms with Crippen molar-refractivity contribution in [2.75, 3.05) is 18.1 Å². The number of nitrogens with one attached hydrogen (secondary N) is 2. The summed E-state index contributed by atoms with van der Waals surface area (Å²) in [5, 5.41) is 9.15. The van der Waals surface area contributed by atoms with E-state index in [0.29, 0.717) is 0 Å². The first-order valence-corrected chi connectivity index (χ1v) is 7.42. The van der Waals surface area contributed by atoms with Crippen molar-refractivity contribution in [2.24, 2.45) is 0 Å². The van der Waals surface area contributed by atoms with Gasteiger partial charge in [0.2, 0.25) is 10.0 Å². The fraction of sp³-hybridized carbons (Fsp3) is 0.600. The molecule has 0 atom stereocenters. The van der Waals surface area contributed by atoms with E-state index in [9.17, 15) is 21.6 Å². The number of rotatable bonds is 5. The zero-order chi connectivity index (χ0) is 15.6. The van der Waals surface area contributed by atoms with E-state index in [2.05, 4.69) is 20.2 Å². The number of alkyl halides is 3. The third kappa shape index (κ3) is 5.70. The summed E-state index contributed by atoms with van der Waals surface area (Å²) in [6.07, 6.45) is -3.52. The van der Waals surface area contributed by atoms with Gasteiger partial charge in [0, 0.05) is 12.1 Å². The van der Waals surface area contributed by atoms with E-state index in [0.717, 1.165) is 18.4 Å². The maximum Gasteiger partial charge on any atom is 0.435 e. The predicted molar refractivity (Wildman–Crippen MR) is 67.6 cm³/mol. The number of sulfonamides is 1. The Labute approximate surface area is 114 Å². The lowest BCUT2D eigenvalue weighted by Crippen LogP contribution is -2.47. The maximum absolute atomic E-state index is 12.3. The smallest absolute Gasteiger partial charge is 0.367 e. The van der Waals surface area contributed by atoms with Crippen LogP contribution in [0.1, 0.15) is 19.5 Å². The molecule has 1 rings (SSSR count). The van der Waals surface area contributed by atoms with Crippen LogP contribution in [-0.4, -0.2) is 37.0 Å². The van der Waals surface area contributed by atoms with E-state index in [4.69, 9.17) is 0 Å². The van der Waals surface area contributed by atoms with Crippen LogP contribution in [0.2, 0.25) is 0 Å². The summed E-state index contributed by atoms with van der Waals surface area (Å²) in [5.41, 5.74) is -1.91. The van der Waals surface area contributed by atoms with Crippen molar-refractivity contribution in [3.8, 4) is 0 Å². The van der Waals surface area contributed by atoms with Gasteiger partial charge in [0.05, 0.1) is 6.26 Å². The minimum absolute atomic E-state index is 0.126. The van der Waals surface area contributed by atoms with Crippen molar-refractivity contribution in [3.63, 3.8) is 0 Å². The van der Waals surface area contributed by atoms with Crippen molar-refractivity contribution in [2.45, 2.75) is 25.6 Å². The van der Waals surface area contributed by atoms with Gasteiger partial charge in [-0.1, -0.05) is 0 Å². The normalized spacial score (nSPS) is 13.3. The molecule has 0 aromatic carbocycles. The summed E-state index contributed by atoms with van der Waals surface area (Å²) in [7, 11) is -3.39. The lowest BCUT2D eigenvalue weighted by atomic mass is 10.1. The second-order valence-corrected chi connectivity index (χ2v) is 6.66. The van der Waals surface area contributed by atoms with Crippen molar-refractivity contribution < 1.29 is 21.6 Å². The first kappa shape index (κ1) is 16.6. The minimum atomic E-state index is -4.54. The summed E-state index contributed by atoms with van der Waals surface area (Å²) < 4.78 is 61.5. The molecule has 0 amide bonds. The van der Waals surface area contributed by atoms with Crippen LogP contribution in [0.15, 0.2) is 12.1 Å². The number of halogens is 3. The third-order valence-electron chi connectivity index (χ3n) is 2.13. The fourth-order valence-electron chi connectivity index (χ4n) is 1.43. The van der Waals surface area contributed by atoms with Gasteiger partial charge in [-0.15, -0.1) is 10.2 Å². The van der Waals surface area contributed by atoms with Crippen LogP contribution in [0.3, 0.4) is 0 Å². The molecule has 0 aliphatic heterocycles. The molecule has 0 aliphatic carbocycles. The Hall–Kier alpha value is -1.42. The average Bonchev–Trinajstić information content (AvgIpc) is 2.22. The van der Waals surface area contributed by atoms with Crippen LogP contribution in [0.25, 0.3) is 0 Å². The highest BCUT2D eigenvalue weighted by atomic mass is 32.2. The zero-order valence-electron chi connectivity index (χ0n) is 11.1. The highest BCUT2D eigenvalue weighted by molar-refractivity contribution is 7.88. The van der Waals surface area contributed by atoms with E-state index < -0.39 is 27.4 Å². The lowest BCUT2D eigenvalue weighted by Gasteiger charge is -2.25. The molecule has 1 aromatic heterocycles. The Morgan fingerprint density at radius 2 is 1.80 bits per heavy atom. The summed E-state index contributed by atoms with van der Waals surface area (Å²) >= 11 is 0. The van der Waals surface area contributed by atoms with Gasteiger partial charge in [-0.3, -0.25) is 0 Å². The quantitative estimate of drug-likeness (QED) is 0.854. The number of hydrogen-bond donors (Lipinski definition) is 2. The van der Waals surface area contributed by atoms with Gasteiger partial charge >= 0.3 is 6.18 Å². The molecular formula is C10H15F3N4O2S. The standard InChI is InChI=1S/C10H15F3N4O2S/c1-9(2,17-20(3,18)19)6-14-8-5-4-7(15-16-8)10(11,12)13/h4-5,17H,6H2,1-3H3,(H,14,16). The van der Waals surface area contributed by atoms with Crippen LogP contribution in [0.4, 0.5) is 19.0 Å². The van der Waals surface area contributed by atoms with Crippen molar-refractivity contribution in [1.29, 1.82) is 0 Å². The predicted octanol–water partition coefficient (Wildman–Crippen LogP) is 1.24. The van der Waals surface area contributed by atoms with Crippen molar-refractivity contribution >= 4 is 15.8 Å². The molecule has 0 aliphatic rings. The third-order valence-corrected chi connectivity index (χ3v) is 3.05. The molecule has 114 valence electrons. The van der Waals surface area contributed by atoms with Crippen LogP contribution >= 0.6 is 0 Å². The molecule has 0 saturated heterocycles. The molecule has 0 saturated carbocycles. The number of anilines is 1. The first-order valence-electron chi connectivity index (χ1n) is 5.53. The highest BCUT2D eigenvalue weighted by Crippen LogP contribution is 2.27. The van der Waals surface area contributed by atoms with E-state index in [1.165, 1.54) is 0 Å². The van der Waals surface area contributed by atoms with E-state index in [-0.39, 0.29) is 12.4 Å². The zero-order valence-corrected chi connectivity index (χ0v) is 11.9. The molecule has 6 nitrogen and oxygen atoms in total. The Kier molecular flexibility index (Phi) is 4.59. The van der Waals surface area contributed by atoms with Gasteiger partial charge in [-0.25, -0.2) is 13.1 Å². The molecular weight excluding hydrogens is 297 g/mol. The Morgan fingerprint density at radius 1 is 1.20 bits per heavy atom. The SMILES string of the molecule is CC(C)(CNc1ccc(C(F)(F)F)nn1)NS(C)(=O)=O. The summed E-state index contributed by atoms with van der Waals surface area (Å²) in [6.45, 7) is 3.39. The largest absolute Gasteiger partial charge is 0.435 e. The molecule has 0 spiro atoms. The van der Waals surface area contributed by atoms with Gasteiger partial charge in [-0.2, -0.15) is 13.2 Å². The topological polar surface area (TPSA) is 84.0 Å². The summed E-state index contributed by atoms with van der Waals surface area (Å²) in [4.78, 5) is 0. The van der Waals surface area contributed by atoms with Crippen LogP contribution in [0.5, 0.6) is 0 Å². The highest BCUT2D eigenvalue weighted by Gasteiger charge is 2.33. The van der Waals surface area contributed by atoms with E-state index in [1.54, 1.807) is 13.8 Å². The Bertz CT molecular complexity index is 555. The van der Waals surface area contributed by atoms with E-state index >= 15 is 0 Å². The number of aromatic nitrogens is 2. The maximum atomic E-state index is 12.3. The average molecular weight is 312 g/mol. The molecule has 1 heterocycles. The molecule has 0 radical (unpaired) electrons. The van der Waals surface area contributed by atoms with Crippen molar-refractivity contribution in [1.82, 2.24) is 14.9 Å². The monoisotopic (exact) mass is 312 g/mol. The summed E-state index contributed by atoms with van der Waals surface area (Å²) in [5.74, 6) is 0.126. The Balaban J connectivity index is 2.67. The Morgan fingerprint density at radius 3 is 2.20 bits per heavy atom. The van der Waals surface area contributed by atoms with Gasteiger partial charge in [0.15, 0.2) is 5.69 Å². The van der Waals surface area contributed by atoms with Crippen LogP contribution in [0, 0.1) is 0 Å². The lowest BCUT2D eigenvalue weighted by molar-refractivity contribution is -0.141. The van der Waals surface area contributed by atoms with Crippen LogP contribution < -0.4 is 10.0 Å². The number of nitrogens with zero attached hydrogens (tertiary/aromatic N) is 2.